The summed E-state index contributed by atoms with van der Waals surface area (Å²) in [5, 5.41) is 8.79. The Morgan fingerprint density at radius 3 is 2.52 bits per heavy atom. The minimum Gasteiger partial charge on any atom is -0.491 e. The van der Waals surface area contributed by atoms with Crippen molar-refractivity contribution < 1.29 is 9.84 Å². The zero-order chi connectivity index (χ0) is 17.8. The smallest absolute Gasteiger partial charge is 0.348 e. The van der Waals surface area contributed by atoms with Crippen molar-refractivity contribution in [1.29, 1.82) is 0 Å². The second kappa shape index (κ2) is 7.27. The number of ether oxygens (including phenoxy) is 1. The molecular formula is C19H19N3O3. The van der Waals surface area contributed by atoms with Gasteiger partial charge in [0.05, 0.1) is 6.61 Å². The van der Waals surface area contributed by atoms with E-state index in [9.17, 15) is 4.79 Å². The molecule has 0 saturated carbocycles. The number of aromatic nitrogens is 3. The quantitative estimate of drug-likeness (QED) is 0.747. The summed E-state index contributed by atoms with van der Waals surface area (Å²) < 4.78 is 5.33. The molecule has 0 aliphatic carbocycles. The first kappa shape index (κ1) is 16.9. The fraction of sp³-hybridized carbons (Fsp3) is 0.211. The van der Waals surface area contributed by atoms with Gasteiger partial charge >= 0.3 is 5.69 Å². The monoisotopic (exact) mass is 337 g/mol. The van der Waals surface area contributed by atoms with E-state index < -0.39 is 5.69 Å². The lowest BCUT2D eigenvalue weighted by Crippen LogP contribution is -2.14. The number of aryl methyl sites for hydroxylation is 2. The molecule has 6 nitrogen and oxygen atoms in total. The number of hydrogen-bond acceptors (Lipinski definition) is 5. The highest BCUT2D eigenvalue weighted by Crippen LogP contribution is 2.23. The number of H-pyrrole nitrogens is 1. The first-order valence-electron chi connectivity index (χ1n) is 7.97. The molecule has 0 bridgehead atoms. The maximum atomic E-state index is 12.0. The van der Waals surface area contributed by atoms with E-state index >= 15 is 0 Å². The van der Waals surface area contributed by atoms with E-state index in [1.54, 1.807) is 24.3 Å². The zero-order valence-electron chi connectivity index (χ0n) is 14.1. The molecule has 0 fully saturated rings. The van der Waals surface area contributed by atoms with Crippen LogP contribution in [0.4, 0.5) is 0 Å². The SMILES string of the molecule is Cc1ccc(-c2nc(-c3ccc(OCCO)cc3)nc(=O)[nH]2)c(C)c1. The van der Waals surface area contributed by atoms with E-state index in [1.807, 2.05) is 32.0 Å². The van der Waals surface area contributed by atoms with Gasteiger partial charge in [0.2, 0.25) is 0 Å². The third-order valence-electron chi connectivity index (χ3n) is 3.76. The number of benzene rings is 2. The topological polar surface area (TPSA) is 88.1 Å². The maximum absolute atomic E-state index is 12.0. The molecule has 128 valence electrons. The Kier molecular flexibility index (Phi) is 4.90. The van der Waals surface area contributed by atoms with Crippen LogP contribution < -0.4 is 10.4 Å². The number of hydrogen-bond donors (Lipinski definition) is 2. The molecule has 0 spiro atoms. The van der Waals surface area contributed by atoms with Gasteiger partial charge in [0.25, 0.3) is 0 Å². The van der Waals surface area contributed by atoms with Gasteiger partial charge < -0.3 is 9.84 Å². The van der Waals surface area contributed by atoms with E-state index in [2.05, 4.69) is 15.0 Å². The minimum absolute atomic E-state index is 0.0435. The van der Waals surface area contributed by atoms with Crippen molar-refractivity contribution in [2.75, 3.05) is 13.2 Å². The third-order valence-corrected chi connectivity index (χ3v) is 3.76. The van der Waals surface area contributed by atoms with E-state index in [4.69, 9.17) is 9.84 Å². The van der Waals surface area contributed by atoms with Crippen molar-refractivity contribution in [2.45, 2.75) is 13.8 Å². The Morgan fingerprint density at radius 1 is 1.08 bits per heavy atom. The summed E-state index contributed by atoms with van der Waals surface area (Å²) >= 11 is 0. The lowest BCUT2D eigenvalue weighted by Gasteiger charge is -2.08. The summed E-state index contributed by atoms with van der Waals surface area (Å²) in [7, 11) is 0. The molecule has 0 radical (unpaired) electrons. The Labute approximate surface area is 145 Å². The van der Waals surface area contributed by atoms with Crippen LogP contribution in [0.2, 0.25) is 0 Å². The van der Waals surface area contributed by atoms with Gasteiger partial charge in [-0.25, -0.2) is 9.78 Å². The number of aromatic amines is 1. The van der Waals surface area contributed by atoms with E-state index in [1.165, 1.54) is 0 Å². The molecule has 3 rings (SSSR count). The summed E-state index contributed by atoms with van der Waals surface area (Å²) in [6.45, 7) is 4.19. The molecule has 25 heavy (non-hydrogen) atoms. The highest BCUT2D eigenvalue weighted by molar-refractivity contribution is 5.63. The van der Waals surface area contributed by atoms with Crippen molar-refractivity contribution in [3.05, 3.63) is 64.1 Å². The molecule has 0 aliphatic rings. The number of aliphatic hydroxyl groups excluding tert-OH is 1. The molecule has 0 saturated heterocycles. The second-order valence-electron chi connectivity index (χ2n) is 5.74. The molecule has 0 atom stereocenters. The maximum Gasteiger partial charge on any atom is 0.348 e. The van der Waals surface area contributed by atoms with Gasteiger partial charge in [0, 0.05) is 11.1 Å². The Morgan fingerprint density at radius 2 is 1.84 bits per heavy atom. The second-order valence-corrected chi connectivity index (χ2v) is 5.74. The van der Waals surface area contributed by atoms with Crippen molar-refractivity contribution >= 4 is 0 Å². The van der Waals surface area contributed by atoms with E-state index in [-0.39, 0.29) is 13.2 Å². The van der Waals surface area contributed by atoms with Crippen LogP contribution in [0.3, 0.4) is 0 Å². The average Bonchev–Trinajstić information content (AvgIpc) is 2.60. The first-order chi connectivity index (χ1) is 12.1. The molecule has 2 N–H and O–H groups in total. The van der Waals surface area contributed by atoms with Crippen LogP contribution in [0, 0.1) is 13.8 Å². The molecule has 0 aliphatic heterocycles. The summed E-state index contributed by atoms with van der Waals surface area (Å²) in [4.78, 5) is 23.2. The Bertz CT molecular complexity index is 933. The molecule has 2 aromatic carbocycles. The summed E-state index contributed by atoms with van der Waals surface area (Å²) in [5.41, 5.74) is 3.33. The van der Waals surface area contributed by atoms with Crippen LogP contribution in [0.15, 0.2) is 47.3 Å². The molecule has 6 heteroatoms. The van der Waals surface area contributed by atoms with Crippen LogP contribution in [0.1, 0.15) is 11.1 Å². The van der Waals surface area contributed by atoms with Gasteiger partial charge in [-0.15, -0.1) is 0 Å². The van der Waals surface area contributed by atoms with E-state index in [0.29, 0.717) is 23.0 Å². The van der Waals surface area contributed by atoms with Gasteiger partial charge in [-0.05, 0) is 43.7 Å². The van der Waals surface area contributed by atoms with Gasteiger partial charge in [-0.3, -0.25) is 4.98 Å². The van der Waals surface area contributed by atoms with Gasteiger partial charge in [0.1, 0.15) is 18.2 Å². The normalized spacial score (nSPS) is 10.7. The number of nitrogens with one attached hydrogen (secondary N) is 1. The molecule has 1 heterocycles. The summed E-state index contributed by atoms with van der Waals surface area (Å²) in [5.74, 6) is 1.48. The number of rotatable bonds is 5. The van der Waals surface area contributed by atoms with Crippen molar-refractivity contribution in [1.82, 2.24) is 15.0 Å². The van der Waals surface area contributed by atoms with Crippen LogP contribution in [0.5, 0.6) is 5.75 Å². The summed E-state index contributed by atoms with van der Waals surface area (Å²) in [6, 6.07) is 13.1. The predicted molar refractivity (Wildman–Crippen MR) is 95.6 cm³/mol. The molecular weight excluding hydrogens is 318 g/mol. The minimum atomic E-state index is -0.444. The van der Waals surface area contributed by atoms with Crippen molar-refractivity contribution in [2.24, 2.45) is 0 Å². The van der Waals surface area contributed by atoms with Crippen LogP contribution in [-0.4, -0.2) is 33.3 Å². The number of aliphatic hydroxyl groups is 1. The largest absolute Gasteiger partial charge is 0.491 e. The third kappa shape index (κ3) is 3.92. The highest BCUT2D eigenvalue weighted by Gasteiger charge is 2.10. The predicted octanol–water partition coefficient (Wildman–Crippen LogP) is 2.49. The Balaban J connectivity index is 1.98. The zero-order valence-corrected chi connectivity index (χ0v) is 14.1. The van der Waals surface area contributed by atoms with Crippen molar-refractivity contribution in [3.63, 3.8) is 0 Å². The standard InChI is InChI=1S/C19H19N3O3/c1-12-3-8-16(13(2)11-12)18-20-17(21-19(24)22-18)14-4-6-15(7-5-14)25-10-9-23/h3-8,11,23H,9-10H2,1-2H3,(H,20,21,22,24). The van der Waals surface area contributed by atoms with Crippen LogP contribution in [0.25, 0.3) is 22.8 Å². The fourth-order valence-corrected chi connectivity index (χ4v) is 2.58. The molecule has 3 aromatic rings. The van der Waals surface area contributed by atoms with Gasteiger partial charge in [-0.2, -0.15) is 4.98 Å². The lowest BCUT2D eigenvalue weighted by atomic mass is 10.1. The highest BCUT2D eigenvalue weighted by atomic mass is 16.5. The Hall–Kier alpha value is -2.99. The van der Waals surface area contributed by atoms with Gasteiger partial charge in [-0.1, -0.05) is 23.8 Å². The van der Waals surface area contributed by atoms with Crippen LogP contribution in [-0.2, 0) is 0 Å². The molecule has 1 aromatic heterocycles. The van der Waals surface area contributed by atoms with Crippen LogP contribution >= 0.6 is 0 Å². The molecule has 0 unspecified atom stereocenters. The number of nitrogens with zero attached hydrogens (tertiary/aromatic N) is 2. The average molecular weight is 337 g/mol. The lowest BCUT2D eigenvalue weighted by molar-refractivity contribution is 0.201. The van der Waals surface area contributed by atoms with Gasteiger partial charge in [0.15, 0.2) is 5.82 Å². The summed E-state index contributed by atoms with van der Waals surface area (Å²) in [6.07, 6.45) is 0. The van der Waals surface area contributed by atoms with Crippen molar-refractivity contribution in [3.8, 4) is 28.5 Å². The molecule has 0 amide bonds. The fourth-order valence-electron chi connectivity index (χ4n) is 2.58. The van der Waals surface area contributed by atoms with E-state index in [0.717, 1.165) is 16.7 Å². The first-order valence-corrected chi connectivity index (χ1v) is 7.97.